The lowest BCUT2D eigenvalue weighted by Gasteiger charge is -2.45. The first-order valence-electron chi connectivity index (χ1n) is 13.2. The number of fused-ring (bicyclic) bond motifs is 1. The van der Waals surface area contributed by atoms with Crippen molar-refractivity contribution >= 4 is 23.5 Å². The SMILES string of the molecule is COc1ccc(C[C@]2(CN3CCc4cc(OC)c(OC)cc4[C@@H]3C)C(=O)NC(=O)N(c3ccccc3)C2=O)cc1. The minimum Gasteiger partial charge on any atom is -0.497 e. The molecule has 2 aliphatic heterocycles. The lowest BCUT2D eigenvalue weighted by atomic mass is 9.76. The van der Waals surface area contributed by atoms with Crippen LogP contribution in [0.4, 0.5) is 10.5 Å². The summed E-state index contributed by atoms with van der Waals surface area (Å²) in [7, 11) is 4.79. The topological polar surface area (TPSA) is 97.4 Å². The van der Waals surface area contributed by atoms with Crippen LogP contribution in [0.2, 0.25) is 0 Å². The summed E-state index contributed by atoms with van der Waals surface area (Å²) in [6.45, 7) is 2.79. The maximum atomic E-state index is 14.4. The van der Waals surface area contributed by atoms with E-state index in [2.05, 4.69) is 17.1 Å². The number of hydrogen-bond donors (Lipinski definition) is 1. The number of rotatable bonds is 8. The molecular formula is C31H33N3O6. The van der Waals surface area contributed by atoms with Gasteiger partial charge in [-0.15, -0.1) is 0 Å². The molecule has 40 heavy (non-hydrogen) atoms. The number of carbonyl (C=O) groups excluding carboxylic acids is 3. The van der Waals surface area contributed by atoms with Crippen molar-refractivity contribution in [1.82, 2.24) is 10.2 Å². The second kappa shape index (κ2) is 11.0. The average Bonchev–Trinajstić information content (AvgIpc) is 2.97. The Bertz CT molecular complexity index is 1420. The smallest absolute Gasteiger partial charge is 0.335 e. The number of carbonyl (C=O) groups is 3. The Morgan fingerprint density at radius 2 is 1.57 bits per heavy atom. The third-order valence-electron chi connectivity index (χ3n) is 7.93. The fourth-order valence-electron chi connectivity index (χ4n) is 5.69. The molecule has 0 aromatic heterocycles. The first kappa shape index (κ1) is 27.2. The molecule has 2 atom stereocenters. The van der Waals surface area contributed by atoms with Gasteiger partial charge >= 0.3 is 6.03 Å². The van der Waals surface area contributed by atoms with E-state index in [0.29, 0.717) is 35.9 Å². The van der Waals surface area contributed by atoms with Gasteiger partial charge < -0.3 is 14.2 Å². The van der Waals surface area contributed by atoms with Gasteiger partial charge in [0.2, 0.25) is 5.91 Å². The average molecular weight is 544 g/mol. The van der Waals surface area contributed by atoms with Gasteiger partial charge in [0, 0.05) is 19.1 Å². The van der Waals surface area contributed by atoms with Crippen molar-refractivity contribution in [2.45, 2.75) is 25.8 Å². The quantitative estimate of drug-likeness (QED) is 0.427. The van der Waals surface area contributed by atoms with E-state index in [0.717, 1.165) is 21.6 Å². The highest BCUT2D eigenvalue weighted by Crippen LogP contribution is 2.41. The van der Waals surface area contributed by atoms with Gasteiger partial charge in [-0.3, -0.25) is 19.8 Å². The van der Waals surface area contributed by atoms with Crippen LogP contribution < -0.4 is 24.4 Å². The fourth-order valence-corrected chi connectivity index (χ4v) is 5.69. The molecule has 4 amide bonds. The fraction of sp³-hybridized carbons (Fsp3) is 0.323. The summed E-state index contributed by atoms with van der Waals surface area (Å²) < 4.78 is 16.3. The number of benzene rings is 3. The van der Waals surface area contributed by atoms with Crippen LogP contribution in [0.15, 0.2) is 66.7 Å². The number of anilines is 1. The molecule has 0 radical (unpaired) electrons. The molecule has 5 rings (SSSR count). The van der Waals surface area contributed by atoms with Crippen molar-refractivity contribution < 1.29 is 28.6 Å². The normalized spacial score (nSPS) is 21.1. The lowest BCUT2D eigenvalue weighted by Crippen LogP contribution is -2.68. The number of barbiturate groups is 1. The third kappa shape index (κ3) is 4.77. The second-order valence-corrected chi connectivity index (χ2v) is 10.1. The van der Waals surface area contributed by atoms with Crippen molar-refractivity contribution in [2.24, 2.45) is 5.41 Å². The molecule has 2 aliphatic rings. The monoisotopic (exact) mass is 543 g/mol. The maximum absolute atomic E-state index is 14.4. The van der Waals surface area contributed by atoms with Crippen LogP contribution in [0.1, 0.15) is 29.7 Å². The molecule has 0 saturated carbocycles. The van der Waals surface area contributed by atoms with E-state index in [1.807, 2.05) is 30.3 Å². The Balaban J connectivity index is 1.56. The molecule has 208 valence electrons. The number of para-hydroxylation sites is 1. The number of nitrogens with zero attached hydrogens (tertiary/aromatic N) is 2. The summed E-state index contributed by atoms with van der Waals surface area (Å²) in [6, 6.07) is 19.0. The van der Waals surface area contributed by atoms with E-state index in [-0.39, 0.29) is 19.0 Å². The standard InChI is InChI=1S/C31H33N3O6/c1-20-25-17-27(40-4)26(39-3)16-22(25)14-15-33(20)19-31(18-21-10-12-24(38-2)13-11-21)28(35)32-30(37)34(29(31)36)23-8-6-5-7-9-23/h5-13,16-17,20H,14-15,18-19H2,1-4H3,(H,32,35,37)/t20-,31-/m0/s1. The van der Waals surface area contributed by atoms with E-state index < -0.39 is 23.3 Å². The van der Waals surface area contributed by atoms with Gasteiger partial charge in [-0.2, -0.15) is 0 Å². The first-order valence-corrected chi connectivity index (χ1v) is 13.2. The molecule has 2 heterocycles. The van der Waals surface area contributed by atoms with Gasteiger partial charge in [-0.1, -0.05) is 30.3 Å². The third-order valence-corrected chi connectivity index (χ3v) is 7.93. The Morgan fingerprint density at radius 3 is 2.23 bits per heavy atom. The van der Waals surface area contributed by atoms with E-state index >= 15 is 0 Å². The first-order chi connectivity index (χ1) is 19.3. The van der Waals surface area contributed by atoms with Crippen LogP contribution >= 0.6 is 0 Å². The second-order valence-electron chi connectivity index (χ2n) is 10.1. The van der Waals surface area contributed by atoms with E-state index in [4.69, 9.17) is 14.2 Å². The van der Waals surface area contributed by atoms with Crippen LogP contribution in [0, 0.1) is 5.41 Å². The van der Waals surface area contributed by atoms with Crippen LogP contribution in [0.5, 0.6) is 17.2 Å². The molecule has 9 nitrogen and oxygen atoms in total. The van der Waals surface area contributed by atoms with Crippen molar-refractivity contribution in [1.29, 1.82) is 0 Å². The molecule has 1 saturated heterocycles. The summed E-state index contributed by atoms with van der Waals surface area (Å²) >= 11 is 0. The molecule has 3 aromatic carbocycles. The van der Waals surface area contributed by atoms with Crippen LogP contribution in [-0.2, 0) is 22.4 Å². The Morgan fingerprint density at radius 1 is 0.900 bits per heavy atom. The van der Waals surface area contributed by atoms with Crippen LogP contribution in [0.3, 0.4) is 0 Å². The number of imide groups is 2. The van der Waals surface area contributed by atoms with Gasteiger partial charge in [-0.05, 0) is 72.9 Å². The molecule has 1 fully saturated rings. The Hall–Kier alpha value is -4.37. The van der Waals surface area contributed by atoms with Gasteiger partial charge in [0.05, 0.1) is 27.0 Å². The summed E-state index contributed by atoms with van der Waals surface area (Å²) in [4.78, 5) is 44.4. The summed E-state index contributed by atoms with van der Waals surface area (Å²) in [5, 5.41) is 2.49. The van der Waals surface area contributed by atoms with Gasteiger partial charge in [0.1, 0.15) is 11.2 Å². The highest BCUT2D eigenvalue weighted by Gasteiger charge is 2.55. The number of amides is 4. The predicted molar refractivity (Wildman–Crippen MR) is 150 cm³/mol. The van der Waals surface area contributed by atoms with E-state index in [1.165, 1.54) is 0 Å². The summed E-state index contributed by atoms with van der Waals surface area (Å²) in [6.07, 6.45) is 0.816. The minimum absolute atomic E-state index is 0.111. The van der Waals surface area contributed by atoms with Crippen LogP contribution in [-0.4, -0.2) is 57.2 Å². The zero-order valence-electron chi connectivity index (χ0n) is 23.1. The van der Waals surface area contributed by atoms with Crippen LogP contribution in [0.25, 0.3) is 0 Å². The largest absolute Gasteiger partial charge is 0.497 e. The predicted octanol–water partition coefficient (Wildman–Crippen LogP) is 4.14. The molecule has 3 aromatic rings. The van der Waals surface area contributed by atoms with Gasteiger partial charge in [-0.25, -0.2) is 9.69 Å². The Kier molecular flexibility index (Phi) is 7.49. The molecule has 9 heteroatoms. The highest BCUT2D eigenvalue weighted by molar-refractivity contribution is 6.30. The molecular weight excluding hydrogens is 510 g/mol. The minimum atomic E-state index is -1.55. The molecule has 0 bridgehead atoms. The highest BCUT2D eigenvalue weighted by atomic mass is 16.5. The molecule has 0 aliphatic carbocycles. The van der Waals surface area contributed by atoms with E-state index in [1.54, 1.807) is 57.7 Å². The van der Waals surface area contributed by atoms with Crippen molar-refractivity contribution in [3.63, 3.8) is 0 Å². The summed E-state index contributed by atoms with van der Waals surface area (Å²) in [5.74, 6) is 0.806. The number of ether oxygens (including phenoxy) is 3. The zero-order valence-corrected chi connectivity index (χ0v) is 23.1. The van der Waals surface area contributed by atoms with Crippen molar-refractivity contribution in [2.75, 3.05) is 39.3 Å². The van der Waals surface area contributed by atoms with Crippen molar-refractivity contribution in [3.05, 3.63) is 83.4 Å². The van der Waals surface area contributed by atoms with E-state index in [9.17, 15) is 14.4 Å². The molecule has 0 spiro atoms. The molecule has 0 unspecified atom stereocenters. The van der Waals surface area contributed by atoms with Gasteiger partial charge in [0.15, 0.2) is 11.5 Å². The number of hydrogen-bond acceptors (Lipinski definition) is 7. The number of methoxy groups -OCH3 is 3. The maximum Gasteiger partial charge on any atom is 0.335 e. The summed E-state index contributed by atoms with van der Waals surface area (Å²) in [5.41, 5.74) is 1.81. The lowest BCUT2D eigenvalue weighted by molar-refractivity contribution is -0.144. The molecule has 1 N–H and O–H groups in total. The number of nitrogens with one attached hydrogen (secondary N) is 1. The number of urea groups is 1. The van der Waals surface area contributed by atoms with Gasteiger partial charge in [0.25, 0.3) is 5.91 Å². The Labute approximate surface area is 233 Å². The van der Waals surface area contributed by atoms with Crippen molar-refractivity contribution in [3.8, 4) is 17.2 Å². The zero-order chi connectivity index (χ0) is 28.4.